The summed E-state index contributed by atoms with van der Waals surface area (Å²) in [7, 11) is 3.41. The van der Waals surface area contributed by atoms with Crippen molar-refractivity contribution in [1.29, 1.82) is 0 Å². The Morgan fingerprint density at radius 3 is 2.48 bits per heavy atom. The number of carbonyl (C=O) groups is 1. The highest BCUT2D eigenvalue weighted by molar-refractivity contribution is 5.90. The first-order valence-electron chi connectivity index (χ1n) is 6.81. The third kappa shape index (κ3) is 4.00. The second-order valence-corrected chi connectivity index (χ2v) is 5.25. The van der Waals surface area contributed by atoms with E-state index in [1.165, 1.54) is 6.92 Å². The lowest BCUT2D eigenvalue weighted by molar-refractivity contribution is -0.137. The van der Waals surface area contributed by atoms with E-state index in [0.717, 1.165) is 12.3 Å². The SMILES string of the molecule is CC(=O)Nc1cccc(-c2cc(C(F)(F)F)cnc2N(C)C)c1. The van der Waals surface area contributed by atoms with Crippen molar-refractivity contribution in [2.45, 2.75) is 13.1 Å². The van der Waals surface area contributed by atoms with Gasteiger partial charge in [0.25, 0.3) is 0 Å². The Kier molecular flexibility index (Phi) is 4.58. The van der Waals surface area contributed by atoms with Gasteiger partial charge in [0.15, 0.2) is 0 Å². The molecule has 0 radical (unpaired) electrons. The van der Waals surface area contributed by atoms with Gasteiger partial charge in [0, 0.05) is 38.5 Å². The molecule has 1 aromatic heterocycles. The van der Waals surface area contributed by atoms with Crippen molar-refractivity contribution in [2.75, 3.05) is 24.3 Å². The third-order valence-electron chi connectivity index (χ3n) is 3.11. The standard InChI is InChI=1S/C16H16F3N3O/c1-10(23)21-13-6-4-5-11(7-13)14-8-12(16(17,18)19)9-20-15(14)22(2)3/h4-9H,1-3H3,(H,21,23). The van der Waals surface area contributed by atoms with Crippen molar-refractivity contribution >= 4 is 17.4 Å². The second-order valence-electron chi connectivity index (χ2n) is 5.25. The van der Waals surface area contributed by atoms with Gasteiger partial charge in [-0.1, -0.05) is 12.1 Å². The highest BCUT2D eigenvalue weighted by Crippen LogP contribution is 2.36. The van der Waals surface area contributed by atoms with Crippen molar-refractivity contribution in [3.63, 3.8) is 0 Å². The van der Waals surface area contributed by atoms with Crippen molar-refractivity contribution in [2.24, 2.45) is 0 Å². The summed E-state index contributed by atoms with van der Waals surface area (Å²) in [6.07, 6.45) is -3.65. The average Bonchev–Trinajstić information content (AvgIpc) is 2.45. The van der Waals surface area contributed by atoms with Gasteiger partial charge in [0.05, 0.1) is 5.56 Å². The quantitative estimate of drug-likeness (QED) is 0.935. The third-order valence-corrected chi connectivity index (χ3v) is 3.11. The Hall–Kier alpha value is -2.57. The number of benzene rings is 1. The fraction of sp³-hybridized carbons (Fsp3) is 0.250. The first-order valence-corrected chi connectivity index (χ1v) is 6.81. The molecule has 0 aliphatic carbocycles. The van der Waals surface area contributed by atoms with Gasteiger partial charge < -0.3 is 10.2 Å². The summed E-state index contributed by atoms with van der Waals surface area (Å²) in [4.78, 5) is 16.7. The number of hydrogen-bond donors (Lipinski definition) is 1. The van der Waals surface area contributed by atoms with Crippen LogP contribution in [0.3, 0.4) is 0 Å². The summed E-state index contributed by atoms with van der Waals surface area (Å²) in [6, 6.07) is 7.69. The molecule has 0 atom stereocenters. The van der Waals surface area contributed by atoms with E-state index in [2.05, 4.69) is 10.3 Å². The van der Waals surface area contributed by atoms with E-state index in [1.54, 1.807) is 43.3 Å². The molecule has 0 saturated carbocycles. The number of carbonyl (C=O) groups excluding carboxylic acids is 1. The van der Waals surface area contributed by atoms with Gasteiger partial charge in [-0.05, 0) is 23.8 Å². The number of nitrogens with one attached hydrogen (secondary N) is 1. The first-order chi connectivity index (χ1) is 10.7. The molecule has 1 aromatic carbocycles. The molecule has 0 spiro atoms. The van der Waals surface area contributed by atoms with Crippen LogP contribution in [0.2, 0.25) is 0 Å². The number of amides is 1. The highest BCUT2D eigenvalue weighted by Gasteiger charge is 2.32. The zero-order valence-electron chi connectivity index (χ0n) is 12.9. The number of pyridine rings is 1. The Balaban J connectivity index is 2.58. The highest BCUT2D eigenvalue weighted by atomic mass is 19.4. The normalized spacial score (nSPS) is 11.2. The summed E-state index contributed by atoms with van der Waals surface area (Å²) >= 11 is 0. The van der Waals surface area contributed by atoms with Crippen LogP contribution in [-0.2, 0) is 11.0 Å². The molecule has 23 heavy (non-hydrogen) atoms. The van der Waals surface area contributed by atoms with Crippen molar-refractivity contribution in [3.8, 4) is 11.1 Å². The van der Waals surface area contributed by atoms with Crippen LogP contribution >= 0.6 is 0 Å². The van der Waals surface area contributed by atoms with E-state index in [0.29, 0.717) is 22.6 Å². The molecule has 0 bridgehead atoms. The maximum atomic E-state index is 13.0. The summed E-state index contributed by atoms with van der Waals surface area (Å²) in [6.45, 7) is 1.36. The average molecular weight is 323 g/mol. The van der Waals surface area contributed by atoms with Crippen molar-refractivity contribution in [3.05, 3.63) is 42.1 Å². The minimum absolute atomic E-state index is 0.253. The molecule has 0 aliphatic rings. The van der Waals surface area contributed by atoms with E-state index in [1.807, 2.05) is 0 Å². The number of halogens is 3. The molecule has 0 unspecified atom stereocenters. The predicted octanol–water partition coefficient (Wildman–Crippen LogP) is 3.79. The molecule has 1 amide bonds. The first kappa shape index (κ1) is 16.8. The van der Waals surface area contributed by atoms with Crippen LogP contribution in [0.4, 0.5) is 24.7 Å². The van der Waals surface area contributed by atoms with Crippen LogP contribution in [0.25, 0.3) is 11.1 Å². The zero-order valence-corrected chi connectivity index (χ0v) is 12.9. The minimum Gasteiger partial charge on any atom is -0.362 e. The molecular formula is C16H16F3N3O. The summed E-state index contributed by atoms with van der Waals surface area (Å²) in [5, 5.41) is 2.61. The van der Waals surface area contributed by atoms with Gasteiger partial charge in [0.1, 0.15) is 5.82 Å². The van der Waals surface area contributed by atoms with Gasteiger partial charge in [-0.25, -0.2) is 4.98 Å². The molecule has 0 fully saturated rings. The lowest BCUT2D eigenvalue weighted by Crippen LogP contribution is -2.14. The summed E-state index contributed by atoms with van der Waals surface area (Å²) < 4.78 is 38.9. The molecule has 122 valence electrons. The number of anilines is 2. The van der Waals surface area contributed by atoms with E-state index < -0.39 is 11.7 Å². The van der Waals surface area contributed by atoms with Crippen molar-refractivity contribution in [1.82, 2.24) is 4.98 Å². The molecule has 0 aliphatic heterocycles. The number of aromatic nitrogens is 1. The van der Waals surface area contributed by atoms with E-state index in [4.69, 9.17) is 0 Å². The smallest absolute Gasteiger partial charge is 0.362 e. The fourth-order valence-electron chi connectivity index (χ4n) is 2.15. The van der Waals surface area contributed by atoms with E-state index in [-0.39, 0.29) is 5.91 Å². The van der Waals surface area contributed by atoms with Crippen LogP contribution in [0.15, 0.2) is 36.5 Å². The van der Waals surface area contributed by atoms with Gasteiger partial charge in [-0.2, -0.15) is 13.2 Å². The van der Waals surface area contributed by atoms with Gasteiger partial charge in [0.2, 0.25) is 5.91 Å². The van der Waals surface area contributed by atoms with Crippen LogP contribution in [0.1, 0.15) is 12.5 Å². The number of alkyl halides is 3. The number of nitrogens with zero attached hydrogens (tertiary/aromatic N) is 2. The van der Waals surface area contributed by atoms with Crippen LogP contribution in [0.5, 0.6) is 0 Å². The van der Waals surface area contributed by atoms with E-state index >= 15 is 0 Å². The maximum Gasteiger partial charge on any atom is 0.417 e. The largest absolute Gasteiger partial charge is 0.417 e. The van der Waals surface area contributed by atoms with Gasteiger partial charge >= 0.3 is 6.18 Å². The molecule has 4 nitrogen and oxygen atoms in total. The number of hydrogen-bond acceptors (Lipinski definition) is 3. The second kappa shape index (κ2) is 6.28. The molecular weight excluding hydrogens is 307 g/mol. The Labute approximate surface area is 132 Å². The summed E-state index contributed by atoms with van der Waals surface area (Å²) in [5.41, 5.74) is 0.579. The zero-order chi connectivity index (χ0) is 17.2. The molecule has 0 saturated heterocycles. The summed E-state index contributed by atoms with van der Waals surface area (Å²) in [5.74, 6) is 0.162. The molecule has 2 aromatic rings. The van der Waals surface area contributed by atoms with Gasteiger partial charge in [-0.15, -0.1) is 0 Å². The minimum atomic E-state index is -4.47. The predicted molar refractivity (Wildman–Crippen MR) is 83.3 cm³/mol. The Morgan fingerprint density at radius 2 is 1.91 bits per heavy atom. The lowest BCUT2D eigenvalue weighted by Gasteiger charge is -2.18. The van der Waals surface area contributed by atoms with E-state index in [9.17, 15) is 18.0 Å². The monoisotopic (exact) mass is 323 g/mol. The maximum absolute atomic E-state index is 13.0. The molecule has 1 heterocycles. The van der Waals surface area contributed by atoms with Gasteiger partial charge in [-0.3, -0.25) is 4.79 Å². The van der Waals surface area contributed by atoms with Crippen LogP contribution < -0.4 is 10.2 Å². The molecule has 2 rings (SSSR count). The molecule has 7 heteroatoms. The van der Waals surface area contributed by atoms with Crippen molar-refractivity contribution < 1.29 is 18.0 Å². The Bertz CT molecular complexity index is 727. The number of rotatable bonds is 3. The fourth-order valence-corrected chi connectivity index (χ4v) is 2.15. The Morgan fingerprint density at radius 1 is 1.22 bits per heavy atom. The van der Waals surface area contributed by atoms with Crippen LogP contribution in [-0.4, -0.2) is 25.0 Å². The van der Waals surface area contributed by atoms with Crippen LogP contribution in [0, 0.1) is 0 Å². The topological polar surface area (TPSA) is 45.2 Å². The lowest BCUT2D eigenvalue weighted by atomic mass is 10.0. The molecule has 1 N–H and O–H groups in total.